The van der Waals surface area contributed by atoms with E-state index in [1.54, 1.807) is 11.8 Å². The molecule has 1 N–H and O–H groups in total. The van der Waals surface area contributed by atoms with E-state index in [0.29, 0.717) is 12.2 Å². The van der Waals surface area contributed by atoms with Crippen molar-refractivity contribution in [3.63, 3.8) is 0 Å². The number of hydrogen-bond donors (Lipinski definition) is 1. The predicted octanol–water partition coefficient (Wildman–Crippen LogP) is 5.47. The van der Waals surface area contributed by atoms with E-state index in [-0.39, 0.29) is 0 Å². The van der Waals surface area contributed by atoms with E-state index in [4.69, 9.17) is 23.2 Å². The maximum absolute atomic E-state index is 10.5. The molecule has 2 aromatic carbocycles. The van der Waals surface area contributed by atoms with Gasteiger partial charge in [0.05, 0.1) is 10.6 Å². The first-order valence-electron chi connectivity index (χ1n) is 6.80. The van der Waals surface area contributed by atoms with Crippen LogP contribution >= 0.6 is 35.0 Å². The van der Waals surface area contributed by atoms with Crippen LogP contribution in [0.2, 0.25) is 10.0 Å². The molecule has 0 aromatic heterocycles. The van der Waals surface area contributed by atoms with Gasteiger partial charge in [-0.3, -0.25) is 0 Å². The average Bonchev–Trinajstić information content (AvgIpc) is 2.46. The van der Waals surface area contributed by atoms with Crippen LogP contribution in [0.1, 0.15) is 18.9 Å². The second kappa shape index (κ2) is 7.55. The minimum atomic E-state index is -0.733. The molecule has 1 atom stereocenters. The normalized spacial score (nSPS) is 13.9. The molecular formula is C17H18Cl2OS. The Morgan fingerprint density at radius 2 is 1.71 bits per heavy atom. The van der Waals surface area contributed by atoms with Gasteiger partial charge in [-0.05, 0) is 49.6 Å². The van der Waals surface area contributed by atoms with Crippen molar-refractivity contribution >= 4 is 35.0 Å². The largest absolute Gasteiger partial charge is 0.389 e. The SMILES string of the molecule is CC(O)(CCc1ccc(Cl)cc1)CSc1ccccc1Cl. The van der Waals surface area contributed by atoms with Crippen LogP contribution in [-0.2, 0) is 6.42 Å². The second-order valence-corrected chi connectivity index (χ2v) is 7.20. The highest BCUT2D eigenvalue weighted by atomic mass is 35.5. The molecule has 2 aromatic rings. The Morgan fingerprint density at radius 3 is 2.38 bits per heavy atom. The van der Waals surface area contributed by atoms with E-state index in [1.165, 1.54) is 5.56 Å². The van der Waals surface area contributed by atoms with Crippen LogP contribution in [0.3, 0.4) is 0 Å². The first-order valence-corrected chi connectivity index (χ1v) is 8.55. The van der Waals surface area contributed by atoms with Crippen molar-refractivity contribution in [2.24, 2.45) is 0 Å². The molecular weight excluding hydrogens is 323 g/mol. The summed E-state index contributed by atoms with van der Waals surface area (Å²) in [5, 5.41) is 12.0. The lowest BCUT2D eigenvalue weighted by Gasteiger charge is -2.23. The zero-order chi connectivity index (χ0) is 15.3. The lowest BCUT2D eigenvalue weighted by Crippen LogP contribution is -2.28. The molecule has 1 unspecified atom stereocenters. The molecule has 0 fully saturated rings. The average molecular weight is 341 g/mol. The number of thioether (sulfide) groups is 1. The zero-order valence-electron chi connectivity index (χ0n) is 11.9. The van der Waals surface area contributed by atoms with Crippen molar-refractivity contribution in [3.8, 4) is 0 Å². The van der Waals surface area contributed by atoms with Gasteiger partial charge in [-0.1, -0.05) is 47.5 Å². The molecule has 2 rings (SSSR count). The lowest BCUT2D eigenvalue weighted by atomic mass is 9.99. The number of rotatable bonds is 6. The van der Waals surface area contributed by atoms with Crippen molar-refractivity contribution in [3.05, 3.63) is 64.1 Å². The standard InChI is InChI=1S/C17H18Cl2OS/c1-17(20,11-10-13-6-8-14(18)9-7-13)12-21-16-5-3-2-4-15(16)19/h2-9,20H,10-12H2,1H3. The summed E-state index contributed by atoms with van der Waals surface area (Å²) in [4.78, 5) is 1.01. The van der Waals surface area contributed by atoms with Crippen LogP contribution < -0.4 is 0 Å². The van der Waals surface area contributed by atoms with Crippen LogP contribution in [0, 0.1) is 0 Å². The molecule has 0 bridgehead atoms. The molecule has 0 heterocycles. The number of aliphatic hydroxyl groups is 1. The Bertz CT molecular complexity index is 582. The molecule has 21 heavy (non-hydrogen) atoms. The number of aryl methyl sites for hydroxylation is 1. The smallest absolute Gasteiger partial charge is 0.0716 e. The van der Waals surface area contributed by atoms with Crippen molar-refractivity contribution in [2.45, 2.75) is 30.3 Å². The molecule has 4 heteroatoms. The maximum atomic E-state index is 10.5. The Balaban J connectivity index is 1.87. The molecule has 0 aliphatic heterocycles. The molecule has 0 amide bonds. The third-order valence-electron chi connectivity index (χ3n) is 3.24. The molecule has 0 saturated heterocycles. The monoisotopic (exact) mass is 340 g/mol. The van der Waals surface area contributed by atoms with Crippen LogP contribution in [0.15, 0.2) is 53.4 Å². The Kier molecular flexibility index (Phi) is 6.00. The summed E-state index contributed by atoms with van der Waals surface area (Å²) in [6, 6.07) is 15.5. The highest BCUT2D eigenvalue weighted by molar-refractivity contribution is 7.99. The van der Waals surface area contributed by atoms with Gasteiger partial charge in [-0.25, -0.2) is 0 Å². The minimum absolute atomic E-state index is 0.615. The fourth-order valence-corrected chi connectivity index (χ4v) is 3.35. The van der Waals surface area contributed by atoms with E-state index < -0.39 is 5.60 Å². The summed E-state index contributed by atoms with van der Waals surface area (Å²) in [5.41, 5.74) is 0.450. The fourth-order valence-electron chi connectivity index (χ4n) is 1.93. The van der Waals surface area contributed by atoms with Crippen LogP contribution in [-0.4, -0.2) is 16.5 Å². The van der Waals surface area contributed by atoms with Crippen LogP contribution in [0.5, 0.6) is 0 Å². The van der Waals surface area contributed by atoms with Gasteiger partial charge in [-0.15, -0.1) is 11.8 Å². The zero-order valence-corrected chi connectivity index (χ0v) is 14.2. The van der Waals surface area contributed by atoms with Gasteiger partial charge in [0.25, 0.3) is 0 Å². The molecule has 0 saturated carbocycles. The number of benzene rings is 2. The van der Waals surface area contributed by atoms with Crippen molar-refractivity contribution in [1.82, 2.24) is 0 Å². The molecule has 0 spiro atoms. The fraction of sp³-hybridized carbons (Fsp3) is 0.294. The van der Waals surface area contributed by atoms with Gasteiger partial charge in [-0.2, -0.15) is 0 Å². The van der Waals surface area contributed by atoms with Crippen molar-refractivity contribution in [2.75, 3.05) is 5.75 Å². The van der Waals surface area contributed by atoms with Crippen LogP contribution in [0.25, 0.3) is 0 Å². The first kappa shape index (κ1) is 16.7. The van der Waals surface area contributed by atoms with E-state index in [9.17, 15) is 5.11 Å². The quantitative estimate of drug-likeness (QED) is 0.703. The summed E-state index contributed by atoms with van der Waals surface area (Å²) >= 11 is 13.6. The third kappa shape index (κ3) is 5.55. The summed E-state index contributed by atoms with van der Waals surface area (Å²) < 4.78 is 0. The highest BCUT2D eigenvalue weighted by Crippen LogP contribution is 2.30. The van der Waals surface area contributed by atoms with E-state index in [2.05, 4.69) is 0 Å². The van der Waals surface area contributed by atoms with Gasteiger partial charge in [0.2, 0.25) is 0 Å². The van der Waals surface area contributed by atoms with Gasteiger partial charge >= 0.3 is 0 Å². The van der Waals surface area contributed by atoms with Gasteiger partial charge in [0, 0.05) is 15.7 Å². The Morgan fingerprint density at radius 1 is 1.05 bits per heavy atom. The van der Waals surface area contributed by atoms with Crippen molar-refractivity contribution in [1.29, 1.82) is 0 Å². The molecule has 1 nitrogen and oxygen atoms in total. The third-order valence-corrected chi connectivity index (χ3v) is 5.37. The topological polar surface area (TPSA) is 20.2 Å². The van der Waals surface area contributed by atoms with E-state index >= 15 is 0 Å². The van der Waals surface area contributed by atoms with Crippen molar-refractivity contribution < 1.29 is 5.11 Å². The highest BCUT2D eigenvalue weighted by Gasteiger charge is 2.21. The maximum Gasteiger partial charge on any atom is 0.0716 e. The van der Waals surface area contributed by atoms with Gasteiger partial charge in [0.15, 0.2) is 0 Å². The second-order valence-electron chi connectivity index (χ2n) is 5.34. The Hall–Kier alpha value is -0.670. The molecule has 0 radical (unpaired) electrons. The first-order chi connectivity index (χ1) is 9.96. The predicted molar refractivity (Wildman–Crippen MR) is 92.6 cm³/mol. The van der Waals surface area contributed by atoms with Gasteiger partial charge < -0.3 is 5.11 Å². The van der Waals surface area contributed by atoms with Gasteiger partial charge in [0.1, 0.15) is 0 Å². The van der Waals surface area contributed by atoms with E-state index in [0.717, 1.165) is 21.4 Å². The number of halogens is 2. The summed E-state index contributed by atoms with van der Waals surface area (Å²) in [6.07, 6.45) is 1.53. The number of hydrogen-bond acceptors (Lipinski definition) is 2. The van der Waals surface area contributed by atoms with Crippen LogP contribution in [0.4, 0.5) is 0 Å². The Labute approximate surface area is 140 Å². The summed E-state index contributed by atoms with van der Waals surface area (Å²) in [7, 11) is 0. The summed E-state index contributed by atoms with van der Waals surface area (Å²) in [5.74, 6) is 0.615. The lowest BCUT2D eigenvalue weighted by molar-refractivity contribution is 0.0765. The van der Waals surface area contributed by atoms with E-state index in [1.807, 2.05) is 55.5 Å². The summed E-state index contributed by atoms with van der Waals surface area (Å²) in [6.45, 7) is 1.87. The molecule has 112 valence electrons. The minimum Gasteiger partial charge on any atom is -0.389 e. The molecule has 0 aliphatic carbocycles. The molecule has 0 aliphatic rings.